The molecular weight excluding hydrogens is 247 g/mol. The highest BCUT2D eigenvalue weighted by molar-refractivity contribution is 7.99. The monoisotopic (exact) mass is 254 g/mol. The van der Waals surface area contributed by atoms with Gasteiger partial charge in [0, 0.05) is 5.69 Å². The van der Waals surface area contributed by atoms with E-state index in [2.05, 4.69) is 15.2 Å². The fourth-order valence-electron chi connectivity index (χ4n) is 1.18. The van der Waals surface area contributed by atoms with Crippen LogP contribution in [0.15, 0.2) is 28.5 Å². The Morgan fingerprint density at radius 1 is 1.53 bits per heavy atom. The van der Waals surface area contributed by atoms with Crippen LogP contribution in [0, 0.1) is 5.82 Å². The fraction of sp³-hybridized carbons (Fsp3) is 0. The second-order valence-electron chi connectivity index (χ2n) is 3.07. The minimum atomic E-state index is -1.21. The summed E-state index contributed by atoms with van der Waals surface area (Å²) in [6, 6.07) is 2.14. The molecule has 1 aromatic heterocycles. The molecule has 0 atom stereocenters. The molecule has 4 N–H and O–H groups in total. The number of aromatic amines is 1. The standard InChI is InChI=1S/C9H7FN4O2S/c10-5-2-6(11)4(8(15)16)1-7(5)17-9-12-3-13-14-9/h1-3H,11H2,(H,15,16)(H,12,13,14). The van der Waals surface area contributed by atoms with Crippen LogP contribution in [0.1, 0.15) is 10.4 Å². The molecule has 2 aromatic rings. The number of H-pyrrole nitrogens is 1. The lowest BCUT2D eigenvalue weighted by molar-refractivity contribution is 0.0697. The molecule has 8 heteroatoms. The van der Waals surface area contributed by atoms with E-state index in [0.717, 1.165) is 17.8 Å². The Morgan fingerprint density at radius 2 is 2.29 bits per heavy atom. The number of aromatic carboxylic acids is 1. The van der Waals surface area contributed by atoms with Gasteiger partial charge in [-0.15, -0.1) is 0 Å². The highest BCUT2D eigenvalue weighted by Gasteiger charge is 2.14. The van der Waals surface area contributed by atoms with Crippen LogP contribution in [-0.4, -0.2) is 26.3 Å². The van der Waals surface area contributed by atoms with Crippen molar-refractivity contribution in [3.05, 3.63) is 29.8 Å². The molecule has 17 heavy (non-hydrogen) atoms. The summed E-state index contributed by atoms with van der Waals surface area (Å²) >= 11 is 0.938. The van der Waals surface area contributed by atoms with Gasteiger partial charge in [-0.2, -0.15) is 5.10 Å². The van der Waals surface area contributed by atoms with Gasteiger partial charge in [-0.05, 0) is 23.9 Å². The number of carboxylic acid groups (broad SMARTS) is 1. The molecule has 0 radical (unpaired) electrons. The minimum Gasteiger partial charge on any atom is -0.478 e. The summed E-state index contributed by atoms with van der Waals surface area (Å²) in [4.78, 5) is 14.8. The predicted molar refractivity (Wildman–Crippen MR) is 58.3 cm³/mol. The Hall–Kier alpha value is -2.09. The van der Waals surface area contributed by atoms with Gasteiger partial charge < -0.3 is 10.8 Å². The normalized spacial score (nSPS) is 10.4. The average molecular weight is 254 g/mol. The van der Waals surface area contributed by atoms with E-state index in [0.29, 0.717) is 5.16 Å². The number of aromatic nitrogens is 3. The third-order valence-corrected chi connectivity index (χ3v) is 2.86. The van der Waals surface area contributed by atoms with Crippen molar-refractivity contribution in [1.29, 1.82) is 0 Å². The first-order valence-electron chi connectivity index (χ1n) is 4.43. The van der Waals surface area contributed by atoms with Crippen molar-refractivity contribution in [2.24, 2.45) is 0 Å². The number of hydrogen-bond donors (Lipinski definition) is 3. The number of anilines is 1. The van der Waals surface area contributed by atoms with E-state index < -0.39 is 11.8 Å². The quantitative estimate of drug-likeness (QED) is 0.714. The van der Waals surface area contributed by atoms with Crippen molar-refractivity contribution >= 4 is 23.4 Å². The first-order chi connectivity index (χ1) is 8.08. The molecule has 0 aliphatic carbocycles. The summed E-state index contributed by atoms with van der Waals surface area (Å²) in [5, 5.41) is 15.4. The van der Waals surface area contributed by atoms with Crippen molar-refractivity contribution < 1.29 is 14.3 Å². The van der Waals surface area contributed by atoms with Gasteiger partial charge in [-0.25, -0.2) is 14.2 Å². The Kier molecular flexibility index (Phi) is 2.96. The lowest BCUT2D eigenvalue weighted by Gasteiger charge is -2.05. The van der Waals surface area contributed by atoms with Gasteiger partial charge in [0.05, 0.1) is 10.5 Å². The number of nitrogens with two attached hydrogens (primary N) is 1. The van der Waals surface area contributed by atoms with Crippen LogP contribution in [0.2, 0.25) is 0 Å². The fourth-order valence-corrected chi connectivity index (χ4v) is 1.92. The number of nitrogens with zero attached hydrogens (tertiary/aromatic N) is 2. The summed E-state index contributed by atoms with van der Waals surface area (Å²) in [5.41, 5.74) is 5.14. The van der Waals surface area contributed by atoms with E-state index in [-0.39, 0.29) is 16.1 Å². The number of rotatable bonds is 3. The third-order valence-electron chi connectivity index (χ3n) is 1.93. The number of hydrogen-bond acceptors (Lipinski definition) is 5. The molecule has 0 saturated carbocycles. The number of halogens is 1. The van der Waals surface area contributed by atoms with Gasteiger partial charge in [0.25, 0.3) is 0 Å². The van der Waals surface area contributed by atoms with Gasteiger partial charge in [-0.3, -0.25) is 5.10 Å². The smallest absolute Gasteiger partial charge is 0.337 e. The lowest BCUT2D eigenvalue weighted by Crippen LogP contribution is -2.03. The second kappa shape index (κ2) is 4.42. The van der Waals surface area contributed by atoms with Gasteiger partial charge in [-0.1, -0.05) is 0 Å². The topological polar surface area (TPSA) is 105 Å². The molecule has 1 aromatic carbocycles. The van der Waals surface area contributed by atoms with Crippen molar-refractivity contribution in [1.82, 2.24) is 15.2 Å². The lowest BCUT2D eigenvalue weighted by atomic mass is 10.2. The first kappa shape index (κ1) is 11.4. The van der Waals surface area contributed by atoms with Gasteiger partial charge >= 0.3 is 5.97 Å². The summed E-state index contributed by atoms with van der Waals surface area (Å²) in [6.07, 6.45) is 1.27. The molecule has 6 nitrogen and oxygen atoms in total. The van der Waals surface area contributed by atoms with Crippen molar-refractivity contribution in [2.45, 2.75) is 10.1 Å². The van der Waals surface area contributed by atoms with Crippen LogP contribution >= 0.6 is 11.8 Å². The summed E-state index contributed by atoms with van der Waals surface area (Å²) in [7, 11) is 0. The number of nitrogens with one attached hydrogen (secondary N) is 1. The highest BCUT2D eigenvalue weighted by atomic mass is 32.2. The molecule has 0 amide bonds. The zero-order valence-electron chi connectivity index (χ0n) is 8.35. The van der Waals surface area contributed by atoms with E-state index >= 15 is 0 Å². The Morgan fingerprint density at radius 3 is 2.88 bits per heavy atom. The van der Waals surface area contributed by atoms with E-state index in [9.17, 15) is 9.18 Å². The number of carboxylic acids is 1. The molecule has 0 fully saturated rings. The van der Waals surface area contributed by atoms with Crippen LogP contribution in [0.5, 0.6) is 0 Å². The molecule has 2 rings (SSSR count). The maximum Gasteiger partial charge on any atom is 0.337 e. The maximum absolute atomic E-state index is 13.5. The zero-order chi connectivity index (χ0) is 12.4. The van der Waals surface area contributed by atoms with E-state index in [1.165, 1.54) is 12.4 Å². The molecule has 0 aliphatic rings. The Labute approximate surface area is 99.1 Å². The Balaban J connectivity index is 2.40. The van der Waals surface area contributed by atoms with Gasteiger partial charge in [0.15, 0.2) is 5.16 Å². The van der Waals surface area contributed by atoms with Crippen LogP contribution < -0.4 is 5.73 Å². The number of nitrogen functional groups attached to an aromatic ring is 1. The summed E-state index contributed by atoms with van der Waals surface area (Å²) in [6.45, 7) is 0. The zero-order valence-corrected chi connectivity index (χ0v) is 9.16. The van der Waals surface area contributed by atoms with Crippen molar-refractivity contribution in [2.75, 3.05) is 5.73 Å². The van der Waals surface area contributed by atoms with Crippen molar-refractivity contribution in [3.8, 4) is 0 Å². The molecule has 0 spiro atoms. The molecular formula is C9H7FN4O2S. The maximum atomic E-state index is 13.5. The largest absolute Gasteiger partial charge is 0.478 e. The second-order valence-corrected chi connectivity index (χ2v) is 4.10. The predicted octanol–water partition coefficient (Wildman–Crippen LogP) is 1.38. The van der Waals surface area contributed by atoms with Crippen LogP contribution in [0.4, 0.5) is 10.1 Å². The SMILES string of the molecule is Nc1cc(F)c(Sc2ncn[nH]2)cc1C(=O)O. The minimum absolute atomic E-state index is 0.114. The van der Waals surface area contributed by atoms with E-state index in [1.54, 1.807) is 0 Å². The molecule has 0 aliphatic heterocycles. The third kappa shape index (κ3) is 2.36. The average Bonchev–Trinajstić information content (AvgIpc) is 2.74. The molecule has 0 saturated heterocycles. The molecule has 88 valence electrons. The Bertz CT molecular complexity index is 558. The van der Waals surface area contributed by atoms with Gasteiger partial charge in [0.2, 0.25) is 0 Å². The van der Waals surface area contributed by atoms with E-state index in [4.69, 9.17) is 10.8 Å². The number of carbonyl (C=O) groups is 1. The first-order valence-corrected chi connectivity index (χ1v) is 5.25. The molecule has 0 bridgehead atoms. The summed E-state index contributed by atoms with van der Waals surface area (Å²) < 4.78 is 13.5. The van der Waals surface area contributed by atoms with Crippen LogP contribution in [0.25, 0.3) is 0 Å². The summed E-state index contributed by atoms with van der Waals surface area (Å²) in [5.74, 6) is -1.81. The number of benzene rings is 1. The van der Waals surface area contributed by atoms with Crippen molar-refractivity contribution in [3.63, 3.8) is 0 Å². The van der Waals surface area contributed by atoms with Crippen LogP contribution in [-0.2, 0) is 0 Å². The van der Waals surface area contributed by atoms with E-state index in [1.807, 2.05) is 0 Å². The molecule has 1 heterocycles. The van der Waals surface area contributed by atoms with Gasteiger partial charge in [0.1, 0.15) is 12.1 Å². The highest BCUT2D eigenvalue weighted by Crippen LogP contribution is 2.30. The molecule has 0 unspecified atom stereocenters. The van der Waals surface area contributed by atoms with Crippen LogP contribution in [0.3, 0.4) is 0 Å².